The minimum absolute atomic E-state index is 0.0811. The minimum Gasteiger partial charge on any atom is -0.493 e. The third kappa shape index (κ3) is 2.82. The van der Waals surface area contributed by atoms with Gasteiger partial charge in [-0.3, -0.25) is 4.79 Å². The van der Waals surface area contributed by atoms with Gasteiger partial charge in [0, 0.05) is 30.1 Å². The van der Waals surface area contributed by atoms with E-state index in [4.69, 9.17) is 9.47 Å². The van der Waals surface area contributed by atoms with Gasteiger partial charge in [0.1, 0.15) is 0 Å². The molecule has 0 saturated carbocycles. The van der Waals surface area contributed by atoms with Crippen LogP contribution in [0.1, 0.15) is 23.5 Å². The van der Waals surface area contributed by atoms with E-state index in [-0.39, 0.29) is 11.8 Å². The smallest absolute Gasteiger partial charge is 0.228 e. The lowest BCUT2D eigenvalue weighted by molar-refractivity contribution is -0.119. The second-order valence-electron chi connectivity index (χ2n) is 6.85. The third-order valence-corrected chi connectivity index (χ3v) is 5.39. The van der Waals surface area contributed by atoms with Gasteiger partial charge >= 0.3 is 0 Å². The predicted molar refractivity (Wildman–Crippen MR) is 113 cm³/mol. The maximum Gasteiger partial charge on any atom is 0.228 e. The number of rotatable bonds is 5. The molecule has 0 aromatic heterocycles. The first-order valence-electron chi connectivity index (χ1n) is 9.33. The second-order valence-corrected chi connectivity index (χ2v) is 6.85. The number of methoxy groups -OCH3 is 2. The maximum absolute atomic E-state index is 13.0. The first-order chi connectivity index (χ1) is 13.7. The van der Waals surface area contributed by atoms with Crippen LogP contribution in [-0.4, -0.2) is 26.7 Å². The van der Waals surface area contributed by atoms with Crippen LogP contribution in [0.5, 0.6) is 11.5 Å². The Morgan fingerprint density at radius 3 is 2.64 bits per heavy atom. The molecule has 4 nitrogen and oxygen atoms in total. The lowest BCUT2D eigenvalue weighted by Crippen LogP contribution is -2.37. The zero-order valence-electron chi connectivity index (χ0n) is 16.1. The van der Waals surface area contributed by atoms with Crippen LogP contribution in [0.25, 0.3) is 10.8 Å². The summed E-state index contributed by atoms with van der Waals surface area (Å²) < 4.78 is 11.2. The Hall–Kier alpha value is -3.27. The number of para-hydroxylation sites is 1. The number of hydrogen-bond donors (Lipinski definition) is 0. The standard InChI is InChI=1S/C24H23NO3/c1-4-14-25-20-13-12-16-8-5-6-9-17(16)23(20)19(15-22(25)26)18-10-7-11-21(27-2)24(18)28-3/h4-13,19H,1,14-15H2,2-3H3. The second kappa shape index (κ2) is 7.39. The molecule has 0 saturated heterocycles. The van der Waals surface area contributed by atoms with E-state index < -0.39 is 0 Å². The first-order valence-corrected chi connectivity index (χ1v) is 9.33. The van der Waals surface area contributed by atoms with Crippen LogP contribution in [0, 0.1) is 0 Å². The highest BCUT2D eigenvalue weighted by atomic mass is 16.5. The van der Waals surface area contributed by atoms with Gasteiger partial charge in [-0.05, 0) is 28.5 Å². The Labute approximate surface area is 165 Å². The van der Waals surface area contributed by atoms with E-state index >= 15 is 0 Å². The van der Waals surface area contributed by atoms with E-state index in [9.17, 15) is 4.79 Å². The summed E-state index contributed by atoms with van der Waals surface area (Å²) in [5.74, 6) is 1.32. The quantitative estimate of drug-likeness (QED) is 0.597. The fourth-order valence-electron chi connectivity index (χ4n) is 4.19. The summed E-state index contributed by atoms with van der Waals surface area (Å²) in [6, 6.07) is 18.2. The molecular formula is C24H23NO3. The Balaban J connectivity index is 2.01. The molecule has 0 bridgehead atoms. The molecule has 3 aromatic carbocycles. The molecule has 1 aliphatic rings. The predicted octanol–water partition coefficient (Wildman–Crippen LogP) is 4.91. The molecule has 142 valence electrons. The topological polar surface area (TPSA) is 38.8 Å². The van der Waals surface area contributed by atoms with E-state index in [1.807, 2.05) is 41.3 Å². The summed E-state index contributed by atoms with van der Waals surface area (Å²) in [4.78, 5) is 14.8. The van der Waals surface area contributed by atoms with Gasteiger partial charge < -0.3 is 14.4 Å². The zero-order chi connectivity index (χ0) is 19.7. The number of carbonyl (C=O) groups excluding carboxylic acids is 1. The summed E-state index contributed by atoms with van der Waals surface area (Å²) in [7, 11) is 3.27. The molecule has 0 spiro atoms. The van der Waals surface area contributed by atoms with Gasteiger partial charge in [0.05, 0.1) is 14.2 Å². The number of benzene rings is 3. The Morgan fingerprint density at radius 1 is 1.07 bits per heavy atom. The Kier molecular flexibility index (Phi) is 4.78. The van der Waals surface area contributed by atoms with Crippen LogP contribution in [0.15, 0.2) is 67.3 Å². The van der Waals surface area contributed by atoms with E-state index in [1.54, 1.807) is 20.3 Å². The first kappa shape index (κ1) is 18.1. The van der Waals surface area contributed by atoms with E-state index in [0.717, 1.165) is 27.6 Å². The van der Waals surface area contributed by atoms with Crippen molar-refractivity contribution < 1.29 is 14.3 Å². The van der Waals surface area contributed by atoms with Gasteiger partial charge in [-0.25, -0.2) is 0 Å². The van der Waals surface area contributed by atoms with Gasteiger partial charge in [-0.2, -0.15) is 0 Å². The fourth-order valence-corrected chi connectivity index (χ4v) is 4.19. The molecule has 1 aliphatic heterocycles. The van der Waals surface area contributed by atoms with Crippen LogP contribution in [0.3, 0.4) is 0 Å². The molecule has 1 heterocycles. The van der Waals surface area contributed by atoms with Gasteiger partial charge in [0.2, 0.25) is 5.91 Å². The van der Waals surface area contributed by atoms with Crippen molar-refractivity contribution in [1.82, 2.24) is 0 Å². The van der Waals surface area contributed by atoms with Crippen molar-refractivity contribution in [3.63, 3.8) is 0 Å². The highest BCUT2D eigenvalue weighted by Crippen LogP contribution is 2.48. The Morgan fingerprint density at radius 2 is 1.89 bits per heavy atom. The summed E-state index contributed by atoms with van der Waals surface area (Å²) in [6.07, 6.45) is 2.14. The number of carbonyl (C=O) groups is 1. The van der Waals surface area contributed by atoms with Crippen LogP contribution in [0.2, 0.25) is 0 Å². The van der Waals surface area contributed by atoms with Crippen molar-refractivity contribution in [2.45, 2.75) is 12.3 Å². The minimum atomic E-state index is -0.111. The average molecular weight is 373 g/mol. The van der Waals surface area contributed by atoms with Gasteiger partial charge in [0.15, 0.2) is 11.5 Å². The SMILES string of the molecule is C=CCN1C(=O)CC(c2cccc(OC)c2OC)c2c1ccc1ccccc21. The number of anilines is 1. The third-order valence-electron chi connectivity index (χ3n) is 5.39. The summed E-state index contributed by atoms with van der Waals surface area (Å²) >= 11 is 0. The average Bonchev–Trinajstić information content (AvgIpc) is 2.74. The molecule has 4 heteroatoms. The van der Waals surface area contributed by atoms with Crippen molar-refractivity contribution in [3.8, 4) is 11.5 Å². The normalized spacial score (nSPS) is 16.0. The number of hydrogen-bond acceptors (Lipinski definition) is 3. The number of ether oxygens (including phenoxy) is 2. The molecular weight excluding hydrogens is 350 g/mol. The van der Waals surface area contributed by atoms with Crippen molar-refractivity contribution in [3.05, 3.63) is 78.4 Å². The van der Waals surface area contributed by atoms with Crippen LogP contribution in [0.4, 0.5) is 5.69 Å². The summed E-state index contributed by atoms with van der Waals surface area (Å²) in [5, 5.41) is 2.30. The largest absolute Gasteiger partial charge is 0.493 e. The maximum atomic E-state index is 13.0. The summed E-state index contributed by atoms with van der Waals surface area (Å²) in [5.41, 5.74) is 3.04. The molecule has 1 atom stereocenters. The molecule has 4 rings (SSSR count). The highest BCUT2D eigenvalue weighted by molar-refractivity contribution is 6.03. The molecule has 0 radical (unpaired) electrons. The van der Waals surface area contributed by atoms with Crippen molar-refractivity contribution in [2.75, 3.05) is 25.7 Å². The molecule has 0 fully saturated rings. The number of fused-ring (bicyclic) bond motifs is 3. The number of amides is 1. The van der Waals surface area contributed by atoms with Crippen LogP contribution in [-0.2, 0) is 4.79 Å². The summed E-state index contributed by atoms with van der Waals surface area (Å²) in [6.45, 7) is 4.31. The molecule has 1 unspecified atom stereocenters. The highest BCUT2D eigenvalue weighted by Gasteiger charge is 2.35. The lowest BCUT2D eigenvalue weighted by Gasteiger charge is -2.35. The molecule has 0 aliphatic carbocycles. The monoisotopic (exact) mass is 373 g/mol. The fraction of sp³-hybridized carbons (Fsp3) is 0.208. The van der Waals surface area contributed by atoms with E-state index in [2.05, 4.69) is 24.8 Å². The van der Waals surface area contributed by atoms with Crippen molar-refractivity contribution in [2.24, 2.45) is 0 Å². The van der Waals surface area contributed by atoms with Crippen LogP contribution >= 0.6 is 0 Å². The Bertz CT molecular complexity index is 1060. The van der Waals surface area contributed by atoms with Crippen molar-refractivity contribution >= 4 is 22.4 Å². The zero-order valence-corrected chi connectivity index (χ0v) is 16.1. The molecule has 1 amide bonds. The molecule has 3 aromatic rings. The lowest BCUT2D eigenvalue weighted by atomic mass is 9.80. The van der Waals surface area contributed by atoms with Gasteiger partial charge in [-0.1, -0.05) is 48.5 Å². The van der Waals surface area contributed by atoms with Gasteiger partial charge in [-0.15, -0.1) is 6.58 Å². The molecule has 28 heavy (non-hydrogen) atoms. The van der Waals surface area contributed by atoms with E-state index in [0.29, 0.717) is 24.5 Å². The van der Waals surface area contributed by atoms with E-state index in [1.165, 1.54) is 0 Å². The molecule has 0 N–H and O–H groups in total. The van der Waals surface area contributed by atoms with Gasteiger partial charge in [0.25, 0.3) is 0 Å². The van der Waals surface area contributed by atoms with Crippen LogP contribution < -0.4 is 14.4 Å². The number of nitrogens with zero attached hydrogens (tertiary/aromatic N) is 1. The van der Waals surface area contributed by atoms with Crippen molar-refractivity contribution in [1.29, 1.82) is 0 Å².